The van der Waals surface area contributed by atoms with Crippen LogP contribution in [0.1, 0.15) is 16.1 Å². The van der Waals surface area contributed by atoms with Gasteiger partial charge in [0.2, 0.25) is 0 Å². The first-order valence-electron chi connectivity index (χ1n) is 9.57. The Balaban J connectivity index is 1.51. The maximum Gasteiger partial charge on any atom is 0.434 e. The third-order valence-electron chi connectivity index (χ3n) is 4.81. The van der Waals surface area contributed by atoms with Gasteiger partial charge >= 0.3 is 6.18 Å². The number of nitrogens with one attached hydrogen (secondary N) is 2. The molecule has 12 nitrogen and oxygen atoms in total. The van der Waals surface area contributed by atoms with Gasteiger partial charge in [-0.25, -0.2) is 14.6 Å². The first-order chi connectivity index (χ1) is 16.4. The number of nitrogens with zero attached hydrogens (tertiary/aromatic N) is 9. The lowest BCUT2D eigenvalue weighted by molar-refractivity contribution is -0.143. The molecule has 1 aliphatic rings. The SMILES string of the molecule is N#CC1=C(n2nccn2)NCC(NC(=O)c2cnn(-c3nccn4ccnc34)c2C(F)(F)F)=C1. The summed E-state index contributed by atoms with van der Waals surface area (Å²) in [6, 6.07) is 1.94. The summed E-state index contributed by atoms with van der Waals surface area (Å²) < 4.78 is 44.1. The molecule has 0 atom stereocenters. The second-order valence-electron chi connectivity index (χ2n) is 6.90. The molecule has 0 fully saturated rings. The first-order valence-corrected chi connectivity index (χ1v) is 9.57. The van der Waals surface area contributed by atoms with E-state index in [1.165, 1.54) is 46.3 Å². The number of carbonyl (C=O) groups is 1. The largest absolute Gasteiger partial charge is 0.434 e. The normalized spacial score (nSPS) is 14.0. The van der Waals surface area contributed by atoms with Crippen LogP contribution in [0.15, 0.2) is 60.7 Å². The predicted molar refractivity (Wildman–Crippen MR) is 108 cm³/mol. The highest BCUT2D eigenvalue weighted by molar-refractivity contribution is 5.96. The minimum Gasteiger partial charge on any atom is -0.362 e. The van der Waals surface area contributed by atoms with Crippen molar-refractivity contribution in [2.75, 3.05) is 6.54 Å². The fraction of sp³-hybridized carbons (Fsp3) is 0.105. The highest BCUT2D eigenvalue weighted by Crippen LogP contribution is 2.34. The summed E-state index contributed by atoms with van der Waals surface area (Å²) in [5, 5.41) is 26.3. The first kappa shape index (κ1) is 20.9. The van der Waals surface area contributed by atoms with Gasteiger partial charge in [0.25, 0.3) is 5.91 Å². The summed E-state index contributed by atoms with van der Waals surface area (Å²) in [5.74, 6) is -0.975. The second kappa shape index (κ2) is 7.85. The van der Waals surface area contributed by atoms with Crippen LogP contribution >= 0.6 is 0 Å². The van der Waals surface area contributed by atoms with E-state index in [-0.39, 0.29) is 35.1 Å². The Kier molecular flexibility index (Phi) is 4.82. The molecule has 5 rings (SSSR count). The summed E-state index contributed by atoms with van der Waals surface area (Å²) >= 11 is 0. The highest BCUT2D eigenvalue weighted by atomic mass is 19.4. The Bertz CT molecular complexity index is 1500. The molecular formula is C19H12F3N11O. The van der Waals surface area contributed by atoms with E-state index >= 15 is 0 Å². The lowest BCUT2D eigenvalue weighted by Gasteiger charge is -2.19. The van der Waals surface area contributed by atoms with Gasteiger partial charge in [-0.2, -0.15) is 33.7 Å². The smallest absolute Gasteiger partial charge is 0.362 e. The molecule has 5 heterocycles. The van der Waals surface area contributed by atoms with Crippen LogP contribution in [0.25, 0.3) is 17.3 Å². The van der Waals surface area contributed by atoms with Crippen LogP contribution in [0.3, 0.4) is 0 Å². The molecule has 1 aliphatic heterocycles. The van der Waals surface area contributed by atoms with Crippen molar-refractivity contribution in [3.63, 3.8) is 0 Å². The second-order valence-corrected chi connectivity index (χ2v) is 6.90. The number of halogens is 3. The zero-order chi connectivity index (χ0) is 23.9. The van der Waals surface area contributed by atoms with Crippen LogP contribution < -0.4 is 10.6 Å². The Hall–Kier alpha value is -5.00. The fourth-order valence-corrected chi connectivity index (χ4v) is 3.39. The predicted octanol–water partition coefficient (Wildman–Crippen LogP) is 1.13. The number of fused-ring (bicyclic) bond motifs is 1. The minimum absolute atomic E-state index is 0.0121. The van der Waals surface area contributed by atoms with E-state index < -0.39 is 23.3 Å². The summed E-state index contributed by atoms with van der Waals surface area (Å²) in [7, 11) is 0. The number of dihydropyridines is 1. The maximum atomic E-state index is 14.0. The van der Waals surface area contributed by atoms with Crippen molar-refractivity contribution in [3.8, 4) is 11.9 Å². The molecule has 0 bridgehead atoms. The Morgan fingerprint density at radius 3 is 2.56 bits per heavy atom. The monoisotopic (exact) mass is 467 g/mol. The van der Waals surface area contributed by atoms with Gasteiger partial charge in [-0.05, 0) is 6.08 Å². The van der Waals surface area contributed by atoms with E-state index in [1.807, 2.05) is 6.07 Å². The van der Waals surface area contributed by atoms with Gasteiger partial charge in [0, 0.05) is 30.5 Å². The van der Waals surface area contributed by atoms with Crippen LogP contribution in [0.2, 0.25) is 0 Å². The number of amides is 1. The summed E-state index contributed by atoms with van der Waals surface area (Å²) in [4.78, 5) is 22.0. The standard InChI is InChI=1S/C19H12F3N11O/c20-19(21,22)14-13(10-29-32(14)17-16-24-3-5-31(16)6-4-25-17)18(34)30-12-7-11(8-23)15(26-9-12)33-27-1-2-28-33/h1-7,10,26H,9H2,(H,30,34). The molecule has 1 amide bonds. The van der Waals surface area contributed by atoms with Crippen molar-refractivity contribution >= 4 is 17.4 Å². The number of carbonyl (C=O) groups excluding carboxylic acids is 1. The molecule has 4 aromatic rings. The number of aromatic nitrogens is 8. The zero-order valence-electron chi connectivity index (χ0n) is 16.9. The molecule has 15 heteroatoms. The van der Waals surface area contributed by atoms with Crippen molar-refractivity contribution in [3.05, 3.63) is 72.0 Å². The minimum atomic E-state index is -4.93. The topological polar surface area (TPSA) is 144 Å². The molecule has 0 radical (unpaired) electrons. The Morgan fingerprint density at radius 2 is 1.85 bits per heavy atom. The lowest BCUT2D eigenvalue weighted by Crippen LogP contribution is -2.34. The molecule has 4 aromatic heterocycles. The number of nitriles is 1. The van der Waals surface area contributed by atoms with Crippen molar-refractivity contribution < 1.29 is 18.0 Å². The molecule has 0 unspecified atom stereocenters. The van der Waals surface area contributed by atoms with Crippen LogP contribution in [0.5, 0.6) is 0 Å². The lowest BCUT2D eigenvalue weighted by atomic mass is 10.1. The van der Waals surface area contributed by atoms with Crippen LogP contribution in [0, 0.1) is 11.3 Å². The summed E-state index contributed by atoms with van der Waals surface area (Å²) in [5.41, 5.74) is -1.64. The van der Waals surface area contributed by atoms with E-state index in [4.69, 9.17) is 0 Å². The van der Waals surface area contributed by atoms with Crippen molar-refractivity contribution in [2.45, 2.75) is 6.18 Å². The van der Waals surface area contributed by atoms with Gasteiger partial charge in [0.1, 0.15) is 6.07 Å². The molecule has 0 saturated carbocycles. The molecule has 170 valence electrons. The molecule has 2 N–H and O–H groups in total. The van der Waals surface area contributed by atoms with E-state index in [2.05, 4.69) is 35.9 Å². The van der Waals surface area contributed by atoms with Gasteiger partial charge in [-0.3, -0.25) is 4.79 Å². The Morgan fingerprint density at radius 1 is 1.12 bits per heavy atom. The zero-order valence-corrected chi connectivity index (χ0v) is 16.9. The highest BCUT2D eigenvalue weighted by Gasteiger charge is 2.41. The third kappa shape index (κ3) is 3.52. The average Bonchev–Trinajstić information content (AvgIpc) is 3.58. The molecule has 0 aromatic carbocycles. The number of imidazole rings is 1. The number of rotatable bonds is 4. The maximum absolute atomic E-state index is 14.0. The van der Waals surface area contributed by atoms with E-state index in [0.717, 1.165) is 6.20 Å². The van der Waals surface area contributed by atoms with Crippen molar-refractivity contribution in [1.29, 1.82) is 5.26 Å². The average molecular weight is 467 g/mol. The van der Waals surface area contributed by atoms with Gasteiger partial charge in [-0.15, -0.1) is 4.80 Å². The van der Waals surface area contributed by atoms with Gasteiger partial charge < -0.3 is 15.0 Å². The van der Waals surface area contributed by atoms with Gasteiger partial charge in [-0.1, -0.05) is 0 Å². The van der Waals surface area contributed by atoms with Crippen molar-refractivity contribution in [1.82, 2.24) is 49.8 Å². The molecule has 0 aliphatic carbocycles. The van der Waals surface area contributed by atoms with Crippen molar-refractivity contribution in [2.24, 2.45) is 0 Å². The molecule has 0 spiro atoms. The summed E-state index contributed by atoms with van der Waals surface area (Å²) in [6.07, 6.45) is 5.81. The van der Waals surface area contributed by atoms with Gasteiger partial charge in [0.15, 0.2) is 23.0 Å². The van der Waals surface area contributed by atoms with Crippen LogP contribution in [-0.2, 0) is 6.18 Å². The number of hydrogen-bond donors (Lipinski definition) is 2. The number of alkyl halides is 3. The van der Waals surface area contributed by atoms with Crippen LogP contribution in [0.4, 0.5) is 13.2 Å². The molecule has 34 heavy (non-hydrogen) atoms. The molecular weight excluding hydrogens is 455 g/mol. The summed E-state index contributed by atoms with van der Waals surface area (Å²) in [6.45, 7) is 0.0121. The Labute approximate surface area is 187 Å². The number of hydrogen-bond acceptors (Lipinski definition) is 8. The fourth-order valence-electron chi connectivity index (χ4n) is 3.39. The quantitative estimate of drug-likeness (QED) is 0.455. The van der Waals surface area contributed by atoms with E-state index in [1.54, 1.807) is 6.20 Å². The van der Waals surface area contributed by atoms with Crippen LogP contribution in [-0.4, -0.2) is 51.6 Å². The van der Waals surface area contributed by atoms with E-state index in [9.17, 15) is 23.2 Å². The van der Waals surface area contributed by atoms with E-state index in [0.29, 0.717) is 4.68 Å². The van der Waals surface area contributed by atoms with Gasteiger partial charge in [0.05, 0.1) is 36.3 Å². The number of allylic oxidation sites excluding steroid dienone is 2. The molecule has 0 saturated heterocycles. The third-order valence-corrected chi connectivity index (χ3v) is 4.81.